The topological polar surface area (TPSA) is 52.5 Å². The molecule has 3 N–H and O–H groups in total. The van der Waals surface area contributed by atoms with Crippen LogP contribution in [0.15, 0.2) is 23.8 Å². The average molecular weight is 426 g/mol. The maximum absolute atomic E-state index is 10.9. The van der Waals surface area contributed by atoms with Crippen LogP contribution < -0.4 is 5.32 Å². The van der Waals surface area contributed by atoms with Gasteiger partial charge in [0.05, 0.1) is 5.60 Å². The Morgan fingerprint density at radius 3 is 2.48 bits per heavy atom. The fourth-order valence-electron chi connectivity index (χ4n) is 6.62. The Morgan fingerprint density at radius 2 is 1.87 bits per heavy atom. The SMILES string of the molecule is CC(C)c1cc2c(cc1O)[C@@]1(C)CCCN[C@@]1(C)C[C@H]2CC1=CCC(O)(C(C)C)CC1. The van der Waals surface area contributed by atoms with Crippen molar-refractivity contribution in [3.8, 4) is 5.75 Å². The molecule has 1 aromatic rings. The molecule has 0 amide bonds. The van der Waals surface area contributed by atoms with Crippen LogP contribution in [0.25, 0.3) is 0 Å². The number of fused-ring (bicyclic) bond motifs is 3. The van der Waals surface area contributed by atoms with E-state index in [-0.39, 0.29) is 11.0 Å². The van der Waals surface area contributed by atoms with E-state index in [4.69, 9.17) is 0 Å². The van der Waals surface area contributed by atoms with Gasteiger partial charge in [0.25, 0.3) is 0 Å². The van der Waals surface area contributed by atoms with Crippen LogP contribution in [0.4, 0.5) is 0 Å². The highest BCUT2D eigenvalue weighted by molar-refractivity contribution is 5.52. The van der Waals surface area contributed by atoms with Gasteiger partial charge in [0, 0.05) is 11.0 Å². The zero-order valence-electron chi connectivity index (χ0n) is 20.5. The highest BCUT2D eigenvalue weighted by Gasteiger charge is 2.53. The van der Waals surface area contributed by atoms with Crippen LogP contribution in [0, 0.1) is 5.92 Å². The Morgan fingerprint density at radius 1 is 1.13 bits per heavy atom. The first kappa shape index (κ1) is 22.9. The van der Waals surface area contributed by atoms with Crippen LogP contribution in [0.5, 0.6) is 5.75 Å². The van der Waals surface area contributed by atoms with E-state index in [1.165, 1.54) is 29.5 Å². The second-order valence-electron chi connectivity index (χ2n) is 11.8. The summed E-state index contributed by atoms with van der Waals surface area (Å²) in [6.45, 7) is 14.5. The second kappa shape index (κ2) is 7.92. The summed E-state index contributed by atoms with van der Waals surface area (Å²) in [5, 5.41) is 25.7. The average Bonchev–Trinajstić information content (AvgIpc) is 2.70. The third-order valence-electron chi connectivity index (χ3n) is 9.30. The molecule has 4 atom stereocenters. The van der Waals surface area contributed by atoms with Crippen LogP contribution in [0.1, 0.15) is 115 Å². The summed E-state index contributed by atoms with van der Waals surface area (Å²) in [7, 11) is 0. The molecule has 1 aromatic carbocycles. The van der Waals surface area contributed by atoms with Crippen molar-refractivity contribution in [2.75, 3.05) is 6.54 Å². The molecule has 1 unspecified atom stereocenters. The normalized spacial score (nSPS) is 35.6. The molecule has 31 heavy (non-hydrogen) atoms. The zero-order valence-corrected chi connectivity index (χ0v) is 20.5. The van der Waals surface area contributed by atoms with Crippen molar-refractivity contribution in [2.24, 2.45) is 5.92 Å². The van der Waals surface area contributed by atoms with Crippen molar-refractivity contribution in [3.05, 3.63) is 40.5 Å². The van der Waals surface area contributed by atoms with Gasteiger partial charge < -0.3 is 15.5 Å². The number of piperidine rings is 1. The lowest BCUT2D eigenvalue weighted by molar-refractivity contribution is -0.0145. The van der Waals surface area contributed by atoms with E-state index in [2.05, 4.69) is 65.1 Å². The highest BCUT2D eigenvalue weighted by Crippen LogP contribution is 2.55. The standard InChI is InChI=1S/C28H43NO2/c1-18(2)22-15-23-21(14-20-8-11-28(31,12-9-20)19(3)4)17-27(6)26(5,10-7-13-29-27)24(23)16-25(22)30/h8,15-16,18-19,21,29-31H,7,9-14,17H2,1-6H3/t21-,26-,27+,28?/m1/s1. The number of allylic oxidation sites excluding steroid dienone is 1. The molecule has 1 heterocycles. The van der Waals surface area contributed by atoms with E-state index in [0.29, 0.717) is 23.5 Å². The lowest BCUT2D eigenvalue weighted by Crippen LogP contribution is -2.63. The molecule has 3 heteroatoms. The summed E-state index contributed by atoms with van der Waals surface area (Å²) < 4.78 is 0. The van der Waals surface area contributed by atoms with Crippen molar-refractivity contribution < 1.29 is 10.2 Å². The minimum atomic E-state index is -0.542. The minimum absolute atomic E-state index is 0.0442. The molecule has 172 valence electrons. The number of phenolic OH excluding ortho intramolecular Hbond substituents is 1. The second-order valence-corrected chi connectivity index (χ2v) is 11.8. The fraction of sp³-hybridized carbons (Fsp3) is 0.714. The van der Waals surface area contributed by atoms with Crippen molar-refractivity contribution >= 4 is 0 Å². The number of nitrogens with one attached hydrogen (secondary N) is 1. The van der Waals surface area contributed by atoms with Crippen LogP contribution in [-0.4, -0.2) is 27.9 Å². The molecular weight excluding hydrogens is 382 g/mol. The third-order valence-corrected chi connectivity index (χ3v) is 9.30. The lowest BCUT2D eigenvalue weighted by Gasteiger charge is -2.57. The minimum Gasteiger partial charge on any atom is -0.508 e. The first-order valence-electron chi connectivity index (χ1n) is 12.5. The van der Waals surface area contributed by atoms with E-state index in [1.54, 1.807) is 0 Å². The summed E-state index contributed by atoms with van der Waals surface area (Å²) >= 11 is 0. The maximum atomic E-state index is 10.9. The third kappa shape index (κ3) is 3.76. The van der Waals surface area contributed by atoms with Gasteiger partial charge in [0.2, 0.25) is 0 Å². The van der Waals surface area contributed by atoms with Crippen LogP contribution in [0.3, 0.4) is 0 Å². The number of benzene rings is 1. The molecule has 0 radical (unpaired) electrons. The van der Waals surface area contributed by atoms with E-state index in [0.717, 1.165) is 44.2 Å². The quantitative estimate of drug-likeness (QED) is 0.497. The van der Waals surface area contributed by atoms with Gasteiger partial charge >= 0.3 is 0 Å². The molecule has 1 aliphatic heterocycles. The maximum Gasteiger partial charge on any atom is 0.119 e. The first-order chi connectivity index (χ1) is 14.5. The first-order valence-corrected chi connectivity index (χ1v) is 12.5. The van der Waals surface area contributed by atoms with Gasteiger partial charge in [-0.25, -0.2) is 0 Å². The van der Waals surface area contributed by atoms with Crippen LogP contribution in [0.2, 0.25) is 0 Å². The summed E-state index contributed by atoms with van der Waals surface area (Å²) in [6, 6.07) is 4.43. The predicted molar refractivity (Wildman–Crippen MR) is 129 cm³/mol. The van der Waals surface area contributed by atoms with E-state index >= 15 is 0 Å². The van der Waals surface area contributed by atoms with Crippen molar-refractivity contribution in [1.82, 2.24) is 5.32 Å². The van der Waals surface area contributed by atoms with Gasteiger partial charge in [-0.2, -0.15) is 0 Å². The van der Waals surface area contributed by atoms with Crippen LogP contribution in [-0.2, 0) is 5.41 Å². The highest BCUT2D eigenvalue weighted by atomic mass is 16.3. The summed E-state index contributed by atoms with van der Waals surface area (Å²) in [6.07, 6.45) is 9.52. The van der Waals surface area contributed by atoms with Gasteiger partial charge in [-0.05, 0) is 98.9 Å². The molecule has 1 saturated heterocycles. The fourth-order valence-corrected chi connectivity index (χ4v) is 6.62. The number of rotatable bonds is 4. The molecule has 0 bridgehead atoms. The molecule has 3 nitrogen and oxygen atoms in total. The number of hydrogen-bond donors (Lipinski definition) is 3. The van der Waals surface area contributed by atoms with E-state index in [9.17, 15) is 10.2 Å². The van der Waals surface area contributed by atoms with Gasteiger partial charge in [0.15, 0.2) is 0 Å². The Kier molecular flexibility index (Phi) is 5.84. The summed E-state index contributed by atoms with van der Waals surface area (Å²) in [5.74, 6) is 1.52. The van der Waals surface area contributed by atoms with Gasteiger partial charge in [-0.1, -0.05) is 52.3 Å². The number of hydrogen-bond acceptors (Lipinski definition) is 3. The van der Waals surface area contributed by atoms with Gasteiger partial charge in [-0.3, -0.25) is 0 Å². The monoisotopic (exact) mass is 425 g/mol. The Hall–Kier alpha value is -1.32. The summed E-state index contributed by atoms with van der Waals surface area (Å²) in [5.41, 5.74) is 4.94. The number of aromatic hydroxyl groups is 1. The number of phenols is 1. The molecule has 0 saturated carbocycles. The van der Waals surface area contributed by atoms with Gasteiger partial charge in [-0.15, -0.1) is 0 Å². The summed E-state index contributed by atoms with van der Waals surface area (Å²) in [4.78, 5) is 0. The van der Waals surface area contributed by atoms with Crippen molar-refractivity contribution in [2.45, 2.75) is 115 Å². The molecule has 4 rings (SSSR count). The molecular formula is C28H43NO2. The Balaban J connectivity index is 1.73. The van der Waals surface area contributed by atoms with E-state index in [1.807, 2.05) is 0 Å². The molecule has 0 aromatic heterocycles. The predicted octanol–water partition coefficient (Wildman–Crippen LogP) is 6.29. The molecule has 2 aliphatic carbocycles. The molecule has 0 spiro atoms. The Bertz CT molecular complexity index is 872. The van der Waals surface area contributed by atoms with Crippen LogP contribution >= 0.6 is 0 Å². The lowest BCUT2D eigenvalue weighted by atomic mass is 9.53. The van der Waals surface area contributed by atoms with E-state index < -0.39 is 5.60 Å². The zero-order chi connectivity index (χ0) is 22.6. The van der Waals surface area contributed by atoms with Crippen molar-refractivity contribution in [1.29, 1.82) is 0 Å². The smallest absolute Gasteiger partial charge is 0.119 e. The van der Waals surface area contributed by atoms with Crippen molar-refractivity contribution in [3.63, 3.8) is 0 Å². The largest absolute Gasteiger partial charge is 0.508 e. The number of aliphatic hydroxyl groups is 1. The molecule has 3 aliphatic rings. The Labute approximate surface area is 189 Å². The molecule has 1 fully saturated rings. The van der Waals surface area contributed by atoms with Gasteiger partial charge in [0.1, 0.15) is 5.75 Å².